The first-order valence-corrected chi connectivity index (χ1v) is 5.92. The average molecular weight is 279 g/mol. The largest absolute Gasteiger partial charge is 0.481 e. The number of aliphatic carboxylic acids is 1. The van der Waals surface area contributed by atoms with Gasteiger partial charge < -0.3 is 20.5 Å². The monoisotopic (exact) mass is 279 g/mol. The number of nitrogens with one attached hydrogen (secondary N) is 1. The van der Waals surface area contributed by atoms with Gasteiger partial charge in [0.15, 0.2) is 5.69 Å². The molecular formula is C12H13N3O5. The fourth-order valence-electron chi connectivity index (χ4n) is 2.14. The van der Waals surface area contributed by atoms with Crippen LogP contribution in [-0.2, 0) is 11.8 Å². The van der Waals surface area contributed by atoms with Crippen LogP contribution in [0, 0.1) is 16.0 Å². The highest BCUT2D eigenvalue weighted by atomic mass is 16.6. The van der Waals surface area contributed by atoms with Crippen molar-refractivity contribution in [2.75, 3.05) is 0 Å². The van der Waals surface area contributed by atoms with Crippen LogP contribution in [0.15, 0.2) is 24.3 Å². The molecule has 0 saturated heterocycles. The van der Waals surface area contributed by atoms with Gasteiger partial charge in [-0.25, -0.2) is 4.57 Å². The van der Waals surface area contributed by atoms with Crippen LogP contribution in [0.25, 0.3) is 0 Å². The molecule has 1 amide bonds. The number of nitro groups is 1. The third-order valence-corrected chi connectivity index (χ3v) is 3.23. The Morgan fingerprint density at radius 1 is 1.45 bits per heavy atom. The van der Waals surface area contributed by atoms with Crippen molar-refractivity contribution >= 4 is 17.7 Å². The normalized spacial score (nSPS) is 20.9. The van der Waals surface area contributed by atoms with E-state index in [0.29, 0.717) is 0 Å². The molecule has 0 spiro atoms. The number of hydrogen-bond donors (Lipinski definition) is 2. The molecular weight excluding hydrogens is 266 g/mol. The minimum absolute atomic E-state index is 0.156. The summed E-state index contributed by atoms with van der Waals surface area (Å²) >= 11 is 0. The minimum Gasteiger partial charge on any atom is -0.481 e. The predicted molar refractivity (Wildman–Crippen MR) is 68.2 cm³/mol. The van der Waals surface area contributed by atoms with E-state index in [1.165, 1.54) is 29.8 Å². The van der Waals surface area contributed by atoms with E-state index in [0.717, 1.165) is 0 Å². The van der Waals surface area contributed by atoms with Crippen molar-refractivity contribution in [2.24, 2.45) is 13.0 Å². The van der Waals surface area contributed by atoms with Gasteiger partial charge in [0.1, 0.15) is 0 Å². The lowest BCUT2D eigenvalue weighted by Crippen LogP contribution is -2.34. The van der Waals surface area contributed by atoms with E-state index in [4.69, 9.17) is 5.11 Å². The smallest absolute Gasteiger partial charge is 0.323 e. The first-order chi connectivity index (χ1) is 9.40. The molecule has 0 fully saturated rings. The summed E-state index contributed by atoms with van der Waals surface area (Å²) in [6.07, 6.45) is 3.43. The molecule has 0 bridgehead atoms. The number of carbonyl (C=O) groups excluding carboxylic acids is 1. The Morgan fingerprint density at radius 3 is 2.65 bits per heavy atom. The average Bonchev–Trinajstić information content (AvgIpc) is 2.95. The van der Waals surface area contributed by atoms with Gasteiger partial charge in [0.2, 0.25) is 0 Å². The lowest BCUT2D eigenvalue weighted by molar-refractivity contribution is -0.391. The van der Waals surface area contributed by atoms with Gasteiger partial charge in [0, 0.05) is 12.1 Å². The fourth-order valence-corrected chi connectivity index (χ4v) is 2.14. The lowest BCUT2D eigenvalue weighted by Gasteiger charge is -2.11. The van der Waals surface area contributed by atoms with E-state index in [1.54, 1.807) is 6.08 Å². The number of hydrogen-bond acceptors (Lipinski definition) is 4. The van der Waals surface area contributed by atoms with Gasteiger partial charge in [-0.1, -0.05) is 12.2 Å². The Hall–Kier alpha value is -2.64. The summed E-state index contributed by atoms with van der Waals surface area (Å²) in [7, 11) is 1.43. The van der Waals surface area contributed by atoms with Gasteiger partial charge >= 0.3 is 11.8 Å². The van der Waals surface area contributed by atoms with Crippen molar-refractivity contribution < 1.29 is 19.6 Å². The number of aromatic nitrogens is 1. The second kappa shape index (κ2) is 5.16. The molecule has 2 atom stereocenters. The van der Waals surface area contributed by atoms with Crippen LogP contribution in [0.4, 0.5) is 5.82 Å². The SMILES string of the molecule is Cn1c(C(=O)NC2C=CC(C(=O)O)C2)ccc1[N+](=O)[O-]. The van der Waals surface area contributed by atoms with Crippen LogP contribution in [0.3, 0.4) is 0 Å². The van der Waals surface area contributed by atoms with Crippen molar-refractivity contribution in [3.05, 3.63) is 40.1 Å². The number of carboxylic acids is 1. The number of carboxylic acid groups (broad SMARTS) is 1. The van der Waals surface area contributed by atoms with Gasteiger partial charge in [-0.3, -0.25) is 9.59 Å². The number of nitrogens with zero attached hydrogens (tertiary/aromatic N) is 2. The Kier molecular flexibility index (Phi) is 3.55. The topological polar surface area (TPSA) is 114 Å². The van der Waals surface area contributed by atoms with Crippen molar-refractivity contribution in [3.63, 3.8) is 0 Å². The van der Waals surface area contributed by atoms with E-state index in [-0.39, 0.29) is 24.0 Å². The first-order valence-electron chi connectivity index (χ1n) is 5.92. The van der Waals surface area contributed by atoms with Crippen molar-refractivity contribution in [1.29, 1.82) is 0 Å². The van der Waals surface area contributed by atoms with Crippen LogP contribution in [0.2, 0.25) is 0 Å². The number of carbonyl (C=O) groups is 2. The molecule has 2 rings (SSSR count). The summed E-state index contributed by atoms with van der Waals surface area (Å²) in [6.45, 7) is 0. The van der Waals surface area contributed by atoms with Gasteiger partial charge in [0.25, 0.3) is 5.91 Å². The lowest BCUT2D eigenvalue weighted by atomic mass is 10.1. The van der Waals surface area contributed by atoms with E-state index in [1.807, 2.05) is 0 Å². The maximum Gasteiger partial charge on any atom is 0.323 e. The van der Waals surface area contributed by atoms with Crippen molar-refractivity contribution in [2.45, 2.75) is 12.5 Å². The zero-order chi connectivity index (χ0) is 14.9. The van der Waals surface area contributed by atoms with Crippen LogP contribution in [0.5, 0.6) is 0 Å². The Bertz CT molecular complexity index is 604. The Morgan fingerprint density at radius 2 is 2.15 bits per heavy atom. The highest BCUT2D eigenvalue weighted by Crippen LogP contribution is 2.19. The molecule has 2 unspecified atom stereocenters. The van der Waals surface area contributed by atoms with E-state index < -0.39 is 22.7 Å². The second-order valence-electron chi connectivity index (χ2n) is 4.54. The predicted octanol–water partition coefficient (Wildman–Crippen LogP) is 0.692. The molecule has 1 aliphatic carbocycles. The van der Waals surface area contributed by atoms with Crippen LogP contribution >= 0.6 is 0 Å². The Balaban J connectivity index is 2.05. The van der Waals surface area contributed by atoms with Crippen LogP contribution < -0.4 is 5.32 Å². The third kappa shape index (κ3) is 2.53. The molecule has 8 heteroatoms. The van der Waals surface area contributed by atoms with Crippen molar-refractivity contribution in [1.82, 2.24) is 9.88 Å². The summed E-state index contributed by atoms with van der Waals surface area (Å²) in [5.41, 5.74) is 0.156. The quantitative estimate of drug-likeness (QED) is 0.478. The second-order valence-corrected chi connectivity index (χ2v) is 4.54. The summed E-state index contributed by atoms with van der Waals surface area (Å²) in [5.74, 6) is -2.20. The maximum atomic E-state index is 12.0. The molecule has 1 aromatic rings. The van der Waals surface area contributed by atoms with Gasteiger partial charge in [0.05, 0.1) is 13.0 Å². The standard InChI is InChI=1S/C12H13N3O5/c1-14-9(4-5-10(14)15(19)20)11(16)13-8-3-2-7(6-8)12(17)18/h2-5,7-8H,6H2,1H3,(H,13,16)(H,17,18). The molecule has 1 aromatic heterocycles. The highest BCUT2D eigenvalue weighted by molar-refractivity contribution is 5.93. The molecule has 0 aromatic carbocycles. The zero-order valence-corrected chi connectivity index (χ0v) is 10.6. The minimum atomic E-state index is -0.937. The number of amides is 1. The first kappa shape index (κ1) is 13.8. The Labute approximate surface area is 113 Å². The van der Waals surface area contributed by atoms with Gasteiger partial charge in [-0.2, -0.15) is 0 Å². The van der Waals surface area contributed by atoms with Crippen LogP contribution in [-0.4, -0.2) is 32.5 Å². The zero-order valence-electron chi connectivity index (χ0n) is 10.6. The van der Waals surface area contributed by atoms with E-state index in [9.17, 15) is 19.7 Å². The molecule has 0 saturated carbocycles. The molecule has 0 aliphatic heterocycles. The molecule has 20 heavy (non-hydrogen) atoms. The highest BCUT2D eigenvalue weighted by Gasteiger charge is 2.27. The molecule has 1 aliphatic rings. The summed E-state index contributed by atoms with van der Waals surface area (Å²) in [6, 6.07) is 2.23. The summed E-state index contributed by atoms with van der Waals surface area (Å²) < 4.78 is 1.18. The molecule has 8 nitrogen and oxygen atoms in total. The summed E-state index contributed by atoms with van der Waals surface area (Å²) in [5, 5.41) is 22.2. The van der Waals surface area contributed by atoms with E-state index in [2.05, 4.69) is 5.32 Å². The summed E-state index contributed by atoms with van der Waals surface area (Å²) in [4.78, 5) is 32.9. The van der Waals surface area contributed by atoms with Crippen molar-refractivity contribution in [3.8, 4) is 0 Å². The molecule has 2 N–H and O–H groups in total. The maximum absolute atomic E-state index is 12.0. The van der Waals surface area contributed by atoms with Crippen LogP contribution in [0.1, 0.15) is 16.9 Å². The molecule has 106 valence electrons. The fraction of sp³-hybridized carbons (Fsp3) is 0.333. The third-order valence-electron chi connectivity index (χ3n) is 3.23. The van der Waals surface area contributed by atoms with E-state index >= 15 is 0 Å². The van der Waals surface area contributed by atoms with Gasteiger partial charge in [-0.05, 0) is 17.4 Å². The molecule has 1 heterocycles. The molecule has 0 radical (unpaired) electrons. The number of rotatable bonds is 4. The van der Waals surface area contributed by atoms with Gasteiger partial charge in [-0.15, -0.1) is 0 Å².